The van der Waals surface area contributed by atoms with E-state index in [9.17, 15) is 18.0 Å². The second-order valence-corrected chi connectivity index (χ2v) is 12.4. The molecule has 1 N–H and O–H groups in total. The molecule has 0 saturated heterocycles. The number of aryl methyl sites for hydroxylation is 1. The second kappa shape index (κ2) is 14.3. The van der Waals surface area contributed by atoms with E-state index in [2.05, 4.69) is 5.32 Å². The molecule has 0 aromatic heterocycles. The molecule has 1 aliphatic rings. The normalized spacial score (nSPS) is 14.7. The molecule has 3 aromatic rings. The minimum Gasteiger partial charge on any atom is -0.352 e. The maximum atomic E-state index is 14.2. The van der Waals surface area contributed by atoms with Crippen LogP contribution in [0.3, 0.4) is 0 Å². The number of hydrogen-bond donors (Lipinski definition) is 1. The van der Waals surface area contributed by atoms with Gasteiger partial charge in [0.25, 0.3) is 10.0 Å². The van der Waals surface area contributed by atoms with E-state index in [0.717, 1.165) is 36.8 Å². The largest absolute Gasteiger partial charge is 0.352 e. The lowest BCUT2D eigenvalue weighted by Crippen LogP contribution is -2.54. The number of carbonyl (C=O) groups is 2. The number of para-hydroxylation sites is 1. The molecule has 1 fully saturated rings. The molecule has 0 heterocycles. The molecule has 218 valence electrons. The molecule has 1 saturated carbocycles. The van der Waals surface area contributed by atoms with Gasteiger partial charge in [0.15, 0.2) is 0 Å². The predicted molar refractivity (Wildman–Crippen MR) is 163 cm³/mol. The minimum atomic E-state index is -4.08. The average Bonchev–Trinajstić information content (AvgIpc) is 3.01. The van der Waals surface area contributed by atoms with Gasteiger partial charge in [-0.15, -0.1) is 0 Å². The van der Waals surface area contributed by atoms with Crippen molar-refractivity contribution < 1.29 is 18.0 Å². The van der Waals surface area contributed by atoms with Crippen molar-refractivity contribution in [1.82, 2.24) is 10.2 Å². The first-order valence-corrected chi connectivity index (χ1v) is 16.1. The molecular weight excluding hydrogens is 534 g/mol. The molecular formula is C33H41N3O4S. The van der Waals surface area contributed by atoms with E-state index in [1.165, 1.54) is 22.9 Å². The summed E-state index contributed by atoms with van der Waals surface area (Å²) in [6.07, 6.45) is 6.22. The quantitative estimate of drug-likeness (QED) is 0.300. The standard InChI is InChI=1S/C33H41N3O4S/c1-3-27-18-14-15-23-31(27)36(41(39,40)29-21-12-7-13-22-29)25-32(37)35(24-26-16-8-5-9-17-26)30(4-2)33(38)34-28-19-10-6-11-20-28/h5,7-9,12-18,21-23,28,30H,3-4,6,10-11,19-20,24-25H2,1-2H3,(H,34,38)/t30-/m1/s1. The van der Waals surface area contributed by atoms with Crippen LogP contribution in [0.1, 0.15) is 63.5 Å². The van der Waals surface area contributed by atoms with Crippen molar-refractivity contribution in [1.29, 1.82) is 0 Å². The van der Waals surface area contributed by atoms with Gasteiger partial charge in [0.2, 0.25) is 11.8 Å². The van der Waals surface area contributed by atoms with Crippen LogP contribution >= 0.6 is 0 Å². The number of hydrogen-bond acceptors (Lipinski definition) is 4. The highest BCUT2D eigenvalue weighted by Crippen LogP contribution is 2.28. The first-order valence-electron chi connectivity index (χ1n) is 14.6. The van der Waals surface area contributed by atoms with Gasteiger partial charge in [-0.3, -0.25) is 13.9 Å². The maximum Gasteiger partial charge on any atom is 0.264 e. The first kappa shape index (κ1) is 30.3. The minimum absolute atomic E-state index is 0.102. The van der Waals surface area contributed by atoms with E-state index in [-0.39, 0.29) is 23.4 Å². The van der Waals surface area contributed by atoms with Crippen molar-refractivity contribution in [3.05, 3.63) is 96.1 Å². The van der Waals surface area contributed by atoms with Crippen molar-refractivity contribution in [2.24, 2.45) is 0 Å². The molecule has 0 spiro atoms. The Hall–Kier alpha value is -3.65. The zero-order chi connectivity index (χ0) is 29.2. The summed E-state index contributed by atoms with van der Waals surface area (Å²) >= 11 is 0. The monoisotopic (exact) mass is 575 g/mol. The van der Waals surface area contributed by atoms with Crippen LogP contribution in [0.2, 0.25) is 0 Å². The van der Waals surface area contributed by atoms with Crippen LogP contribution < -0.4 is 9.62 Å². The maximum absolute atomic E-state index is 14.2. The number of carbonyl (C=O) groups excluding carboxylic acids is 2. The van der Waals surface area contributed by atoms with E-state index >= 15 is 0 Å². The van der Waals surface area contributed by atoms with Crippen molar-refractivity contribution in [2.75, 3.05) is 10.8 Å². The van der Waals surface area contributed by atoms with Gasteiger partial charge in [-0.2, -0.15) is 0 Å². The Morgan fingerprint density at radius 3 is 2.10 bits per heavy atom. The smallest absolute Gasteiger partial charge is 0.264 e. The molecule has 0 radical (unpaired) electrons. The van der Waals surface area contributed by atoms with Crippen molar-refractivity contribution in [3.8, 4) is 0 Å². The summed E-state index contributed by atoms with van der Waals surface area (Å²) in [6, 6.07) is 24.3. The van der Waals surface area contributed by atoms with Crippen LogP contribution in [-0.4, -0.2) is 43.8 Å². The Labute approximate surface area is 244 Å². The lowest BCUT2D eigenvalue weighted by Gasteiger charge is -2.34. The molecule has 41 heavy (non-hydrogen) atoms. The molecule has 4 rings (SSSR count). The van der Waals surface area contributed by atoms with Crippen molar-refractivity contribution in [2.45, 2.75) is 82.3 Å². The van der Waals surface area contributed by atoms with E-state index in [0.29, 0.717) is 18.5 Å². The van der Waals surface area contributed by atoms with Crippen LogP contribution in [0.5, 0.6) is 0 Å². The van der Waals surface area contributed by atoms with Crippen molar-refractivity contribution >= 4 is 27.5 Å². The summed E-state index contributed by atoms with van der Waals surface area (Å²) in [6.45, 7) is 3.62. The average molecular weight is 576 g/mol. The number of sulfonamides is 1. The highest BCUT2D eigenvalue weighted by molar-refractivity contribution is 7.92. The summed E-state index contributed by atoms with van der Waals surface area (Å²) in [7, 11) is -4.08. The zero-order valence-corrected chi connectivity index (χ0v) is 24.9. The molecule has 8 heteroatoms. The van der Waals surface area contributed by atoms with Gasteiger partial charge in [0, 0.05) is 12.6 Å². The highest BCUT2D eigenvalue weighted by atomic mass is 32.2. The van der Waals surface area contributed by atoms with Crippen LogP contribution in [0, 0.1) is 0 Å². The van der Waals surface area contributed by atoms with Gasteiger partial charge < -0.3 is 10.2 Å². The second-order valence-electron chi connectivity index (χ2n) is 10.6. The van der Waals surface area contributed by atoms with Gasteiger partial charge in [0.1, 0.15) is 12.6 Å². The summed E-state index contributed by atoms with van der Waals surface area (Å²) in [4.78, 5) is 29.5. The number of rotatable bonds is 12. The first-order chi connectivity index (χ1) is 19.8. The van der Waals surface area contributed by atoms with Crippen LogP contribution in [-0.2, 0) is 32.6 Å². The molecule has 2 amide bonds. The molecule has 7 nitrogen and oxygen atoms in total. The van der Waals surface area contributed by atoms with E-state index < -0.39 is 28.5 Å². The third kappa shape index (κ3) is 7.55. The Kier molecular flexibility index (Phi) is 10.6. The van der Waals surface area contributed by atoms with Crippen LogP contribution in [0.25, 0.3) is 0 Å². The fourth-order valence-corrected chi connectivity index (χ4v) is 7.00. The van der Waals surface area contributed by atoms with Gasteiger partial charge >= 0.3 is 0 Å². The van der Waals surface area contributed by atoms with Gasteiger partial charge in [-0.25, -0.2) is 8.42 Å². The number of nitrogens with one attached hydrogen (secondary N) is 1. The topological polar surface area (TPSA) is 86.8 Å². The van der Waals surface area contributed by atoms with E-state index in [4.69, 9.17) is 0 Å². The van der Waals surface area contributed by atoms with Crippen LogP contribution in [0.15, 0.2) is 89.8 Å². The molecule has 1 atom stereocenters. The molecule has 0 bridgehead atoms. The predicted octanol–water partition coefficient (Wildman–Crippen LogP) is 5.70. The number of anilines is 1. The lowest BCUT2D eigenvalue weighted by molar-refractivity contribution is -0.140. The number of nitrogens with zero attached hydrogens (tertiary/aromatic N) is 2. The summed E-state index contributed by atoms with van der Waals surface area (Å²) in [5.41, 5.74) is 2.15. The molecule has 1 aliphatic carbocycles. The summed E-state index contributed by atoms with van der Waals surface area (Å²) in [5.74, 6) is -0.611. The van der Waals surface area contributed by atoms with Gasteiger partial charge in [0.05, 0.1) is 10.6 Å². The molecule has 0 unspecified atom stereocenters. The van der Waals surface area contributed by atoms with Gasteiger partial charge in [-0.05, 0) is 55.0 Å². The summed E-state index contributed by atoms with van der Waals surface area (Å²) < 4.78 is 29.3. The van der Waals surface area contributed by atoms with Gasteiger partial charge in [-0.1, -0.05) is 99.8 Å². The van der Waals surface area contributed by atoms with E-state index in [1.54, 1.807) is 35.2 Å². The SMILES string of the molecule is CCc1ccccc1N(CC(=O)N(Cc1ccccc1)[C@H](CC)C(=O)NC1CCCCC1)S(=O)(=O)c1ccccc1. The lowest BCUT2D eigenvalue weighted by atomic mass is 9.95. The highest BCUT2D eigenvalue weighted by Gasteiger charge is 2.34. The molecule has 0 aliphatic heterocycles. The third-order valence-corrected chi connectivity index (χ3v) is 9.56. The Balaban J connectivity index is 1.71. The van der Waals surface area contributed by atoms with Crippen LogP contribution in [0.4, 0.5) is 5.69 Å². The Morgan fingerprint density at radius 1 is 0.854 bits per heavy atom. The third-order valence-electron chi connectivity index (χ3n) is 7.78. The Bertz CT molecular complexity index is 1390. The van der Waals surface area contributed by atoms with Crippen molar-refractivity contribution in [3.63, 3.8) is 0 Å². The summed E-state index contributed by atoms with van der Waals surface area (Å²) in [5, 5.41) is 3.19. The number of benzene rings is 3. The number of amides is 2. The van der Waals surface area contributed by atoms with E-state index in [1.807, 2.05) is 56.3 Å². The Morgan fingerprint density at radius 2 is 1.46 bits per heavy atom. The fraction of sp³-hybridized carbons (Fsp3) is 0.394. The molecule has 3 aromatic carbocycles. The zero-order valence-electron chi connectivity index (χ0n) is 24.0. The fourth-order valence-electron chi connectivity index (χ4n) is 5.53.